The number of fused-ring (bicyclic) bond motifs is 1. The van der Waals surface area contributed by atoms with E-state index in [1.54, 1.807) is 18.0 Å². The molecule has 1 unspecified atom stereocenters. The minimum atomic E-state index is 0.471. The Labute approximate surface area is 197 Å². The summed E-state index contributed by atoms with van der Waals surface area (Å²) in [6, 6.07) is 7.94. The lowest BCUT2D eigenvalue weighted by Crippen LogP contribution is -2.05. The maximum atomic E-state index is 5.65. The van der Waals surface area contributed by atoms with Gasteiger partial charge in [-0.05, 0) is 49.7 Å². The Morgan fingerprint density at radius 1 is 1.18 bits per heavy atom. The SMILES string of the molecule is C=C(/C=C(\CC/C=C\C)CCOCCOC)n1nnc2cnc(Nc3ccc(P)cc3)nc21. The summed E-state index contributed by atoms with van der Waals surface area (Å²) in [4.78, 5) is 8.97. The van der Waals surface area contributed by atoms with Crippen LogP contribution in [0.3, 0.4) is 0 Å². The van der Waals surface area contributed by atoms with Gasteiger partial charge in [0.2, 0.25) is 5.95 Å². The number of methoxy groups -OCH3 is 1. The van der Waals surface area contributed by atoms with Crippen molar-refractivity contribution in [2.75, 3.05) is 32.2 Å². The van der Waals surface area contributed by atoms with Crippen molar-refractivity contribution in [3.8, 4) is 0 Å². The molecule has 3 rings (SSSR count). The van der Waals surface area contributed by atoms with Crippen LogP contribution in [0.25, 0.3) is 16.9 Å². The highest BCUT2D eigenvalue weighted by molar-refractivity contribution is 7.27. The Kier molecular flexibility index (Phi) is 9.69. The second-order valence-corrected chi connectivity index (χ2v) is 8.07. The molecule has 3 aromatic rings. The van der Waals surface area contributed by atoms with E-state index >= 15 is 0 Å². The van der Waals surface area contributed by atoms with Gasteiger partial charge in [0.05, 0.1) is 31.7 Å². The van der Waals surface area contributed by atoms with Crippen molar-refractivity contribution in [3.63, 3.8) is 0 Å². The number of nitrogens with zero attached hydrogens (tertiary/aromatic N) is 5. The van der Waals surface area contributed by atoms with E-state index in [0.717, 1.165) is 30.3 Å². The topological polar surface area (TPSA) is 87.0 Å². The molecular weight excluding hydrogens is 435 g/mol. The van der Waals surface area contributed by atoms with Crippen molar-refractivity contribution in [1.82, 2.24) is 25.0 Å². The Morgan fingerprint density at radius 3 is 2.76 bits per heavy atom. The van der Waals surface area contributed by atoms with E-state index in [2.05, 4.69) is 53.6 Å². The molecule has 0 amide bonds. The van der Waals surface area contributed by atoms with Crippen molar-refractivity contribution in [2.45, 2.75) is 26.2 Å². The molecule has 2 aromatic heterocycles. The maximum Gasteiger partial charge on any atom is 0.229 e. The van der Waals surface area contributed by atoms with Gasteiger partial charge in [0.15, 0.2) is 11.2 Å². The summed E-state index contributed by atoms with van der Waals surface area (Å²) in [5, 5.41) is 12.8. The van der Waals surface area contributed by atoms with Crippen LogP contribution in [0, 0.1) is 0 Å². The van der Waals surface area contributed by atoms with Crippen molar-refractivity contribution >= 4 is 43.0 Å². The fraction of sp³-hybridized carbons (Fsp3) is 0.333. The molecule has 0 bridgehead atoms. The van der Waals surface area contributed by atoms with Gasteiger partial charge in [0.25, 0.3) is 0 Å². The number of hydrogen-bond donors (Lipinski definition) is 1. The lowest BCUT2D eigenvalue weighted by Gasteiger charge is -2.10. The lowest BCUT2D eigenvalue weighted by atomic mass is 10.1. The summed E-state index contributed by atoms with van der Waals surface area (Å²) in [7, 11) is 4.34. The number of hydrogen-bond acceptors (Lipinski definition) is 7. The molecule has 33 heavy (non-hydrogen) atoms. The van der Waals surface area contributed by atoms with Gasteiger partial charge >= 0.3 is 0 Å². The molecule has 0 saturated heterocycles. The predicted octanol–water partition coefficient (Wildman–Crippen LogP) is 4.27. The second-order valence-electron chi connectivity index (χ2n) is 7.41. The van der Waals surface area contributed by atoms with Crippen LogP contribution in [0.15, 0.2) is 60.8 Å². The Bertz CT molecular complexity index is 1110. The predicted molar refractivity (Wildman–Crippen MR) is 137 cm³/mol. The highest BCUT2D eigenvalue weighted by Gasteiger charge is 2.11. The average molecular weight is 467 g/mol. The van der Waals surface area contributed by atoms with Crippen molar-refractivity contribution in [2.24, 2.45) is 0 Å². The summed E-state index contributed by atoms with van der Waals surface area (Å²) >= 11 is 0. The van der Waals surface area contributed by atoms with Gasteiger partial charge in [-0.3, -0.25) is 0 Å². The molecule has 1 N–H and O–H groups in total. The number of allylic oxidation sites excluding steroid dienone is 4. The summed E-state index contributed by atoms with van der Waals surface area (Å²) in [6.07, 6.45) is 10.6. The highest BCUT2D eigenvalue weighted by Crippen LogP contribution is 2.20. The van der Waals surface area contributed by atoms with Gasteiger partial charge in [0, 0.05) is 12.8 Å². The van der Waals surface area contributed by atoms with E-state index in [-0.39, 0.29) is 0 Å². The van der Waals surface area contributed by atoms with Gasteiger partial charge in [0.1, 0.15) is 0 Å². The zero-order valence-electron chi connectivity index (χ0n) is 19.2. The third-order valence-corrected chi connectivity index (χ3v) is 5.25. The second kappa shape index (κ2) is 12.9. The Balaban J connectivity index is 1.77. The standard InChI is InChI=1S/C24H31N6O2P/c1-4-5-6-7-19(12-13-32-15-14-31-3)16-18(2)30-23-22(28-29-30)17-25-24(27-23)26-20-8-10-21(33)11-9-20/h4-5,8-11,16-17H,2,6-7,12-15,33H2,1,3H3,(H,25,26,27)/b5-4-,19-16+. The van der Waals surface area contributed by atoms with Crippen molar-refractivity contribution in [3.05, 3.63) is 60.8 Å². The number of ether oxygens (including phenoxy) is 2. The molecule has 174 valence electrons. The smallest absolute Gasteiger partial charge is 0.229 e. The number of nitrogens with one attached hydrogen (secondary N) is 1. The van der Waals surface area contributed by atoms with Crippen LogP contribution < -0.4 is 10.6 Å². The first-order valence-electron chi connectivity index (χ1n) is 10.9. The molecule has 0 fully saturated rings. The van der Waals surface area contributed by atoms with Crippen molar-refractivity contribution < 1.29 is 9.47 Å². The molecule has 0 radical (unpaired) electrons. The van der Waals surface area contributed by atoms with E-state index < -0.39 is 0 Å². The molecule has 2 heterocycles. The van der Waals surface area contributed by atoms with Gasteiger partial charge in [-0.15, -0.1) is 14.3 Å². The molecule has 0 spiro atoms. The van der Waals surface area contributed by atoms with Crippen LogP contribution >= 0.6 is 9.24 Å². The third-order valence-electron chi connectivity index (χ3n) is 4.87. The molecule has 9 heteroatoms. The monoisotopic (exact) mass is 466 g/mol. The van der Waals surface area contributed by atoms with Gasteiger partial charge in [-0.2, -0.15) is 9.67 Å². The van der Waals surface area contributed by atoms with E-state index in [4.69, 9.17) is 9.47 Å². The highest BCUT2D eigenvalue weighted by atomic mass is 31.0. The molecule has 0 aliphatic carbocycles. The average Bonchev–Trinajstić information content (AvgIpc) is 3.24. The molecular formula is C24H31N6O2P. The lowest BCUT2D eigenvalue weighted by molar-refractivity contribution is 0.0720. The van der Waals surface area contributed by atoms with Crippen LogP contribution in [0.5, 0.6) is 0 Å². The summed E-state index contributed by atoms with van der Waals surface area (Å²) < 4.78 is 12.3. The van der Waals surface area contributed by atoms with Crippen LogP contribution in [-0.2, 0) is 9.47 Å². The molecule has 1 aromatic carbocycles. The fourth-order valence-corrected chi connectivity index (χ4v) is 3.32. The molecule has 0 aliphatic rings. The largest absolute Gasteiger partial charge is 0.382 e. The third kappa shape index (κ3) is 7.56. The summed E-state index contributed by atoms with van der Waals surface area (Å²) in [5.74, 6) is 0.471. The number of benzene rings is 1. The zero-order chi connectivity index (χ0) is 23.5. The first kappa shape index (κ1) is 24.7. The number of rotatable bonds is 13. The van der Waals surface area contributed by atoms with E-state index in [9.17, 15) is 0 Å². The van der Waals surface area contributed by atoms with Gasteiger partial charge in [-0.1, -0.05) is 41.7 Å². The molecule has 1 atom stereocenters. The zero-order valence-corrected chi connectivity index (χ0v) is 20.4. The van der Waals surface area contributed by atoms with Gasteiger partial charge < -0.3 is 14.8 Å². The first-order chi connectivity index (χ1) is 16.1. The fourth-order valence-electron chi connectivity index (χ4n) is 3.13. The van der Waals surface area contributed by atoms with E-state index in [0.29, 0.717) is 42.6 Å². The number of anilines is 2. The minimum absolute atomic E-state index is 0.471. The van der Waals surface area contributed by atoms with Crippen LogP contribution in [0.2, 0.25) is 0 Å². The van der Waals surface area contributed by atoms with E-state index in [1.807, 2.05) is 37.3 Å². The molecule has 0 saturated carbocycles. The summed E-state index contributed by atoms with van der Waals surface area (Å²) in [5.41, 5.74) is 4.03. The minimum Gasteiger partial charge on any atom is -0.382 e. The Hall–Kier alpha value is -2.93. The Morgan fingerprint density at radius 2 is 2.00 bits per heavy atom. The van der Waals surface area contributed by atoms with E-state index in [1.165, 1.54) is 5.57 Å². The number of aromatic nitrogens is 5. The molecule has 8 nitrogen and oxygen atoms in total. The maximum absolute atomic E-state index is 5.65. The van der Waals surface area contributed by atoms with Crippen LogP contribution in [0.4, 0.5) is 11.6 Å². The van der Waals surface area contributed by atoms with Crippen molar-refractivity contribution in [1.29, 1.82) is 0 Å². The normalized spacial score (nSPS) is 12.0. The van der Waals surface area contributed by atoms with Crippen LogP contribution in [0.1, 0.15) is 26.2 Å². The summed E-state index contributed by atoms with van der Waals surface area (Å²) in [6.45, 7) is 8.04. The van der Waals surface area contributed by atoms with Crippen LogP contribution in [-0.4, -0.2) is 51.9 Å². The van der Waals surface area contributed by atoms with Gasteiger partial charge in [-0.25, -0.2) is 4.98 Å². The quantitative estimate of drug-likeness (QED) is 0.174. The first-order valence-corrected chi connectivity index (χ1v) is 11.5. The molecule has 0 aliphatic heterocycles.